The normalized spacial score (nSPS) is 12.8. The Bertz CT molecular complexity index is 482. The number of rotatable bonds is 7. The Morgan fingerprint density at radius 2 is 2.14 bits per heavy atom. The molecule has 0 aromatic heterocycles. The first-order valence-corrected chi connectivity index (χ1v) is 7.36. The van der Waals surface area contributed by atoms with Crippen LogP contribution in [0.5, 0.6) is 0 Å². The van der Waals surface area contributed by atoms with Crippen molar-refractivity contribution in [2.75, 3.05) is 25.5 Å². The molecule has 0 heterocycles. The third-order valence-electron chi connectivity index (χ3n) is 3.32. The quantitative estimate of drug-likeness (QED) is 0.813. The first-order valence-electron chi connectivity index (χ1n) is 6.98. The Kier molecular flexibility index (Phi) is 7.08. The van der Waals surface area contributed by atoms with Gasteiger partial charge in [0.25, 0.3) is 0 Å². The number of hydrogen-bond acceptors (Lipinski definition) is 3. The predicted molar refractivity (Wildman–Crippen MR) is 85.0 cm³/mol. The number of anilines is 1. The highest BCUT2D eigenvalue weighted by Gasteiger charge is 2.12. The van der Waals surface area contributed by atoms with E-state index in [0.29, 0.717) is 11.6 Å². The van der Waals surface area contributed by atoms with Crippen LogP contribution >= 0.6 is 11.6 Å². The van der Waals surface area contributed by atoms with E-state index < -0.39 is 5.82 Å². The van der Waals surface area contributed by atoms with Gasteiger partial charge in [-0.1, -0.05) is 25.4 Å². The van der Waals surface area contributed by atoms with Crippen LogP contribution in [0, 0.1) is 11.7 Å². The van der Waals surface area contributed by atoms with Gasteiger partial charge in [-0.3, -0.25) is 9.69 Å². The third kappa shape index (κ3) is 6.42. The second-order valence-corrected chi connectivity index (χ2v) is 6.01. The number of halogens is 2. The molecule has 0 aliphatic heterocycles. The molecule has 0 spiro atoms. The lowest BCUT2D eigenvalue weighted by Crippen LogP contribution is -2.35. The van der Waals surface area contributed by atoms with Crippen molar-refractivity contribution < 1.29 is 9.18 Å². The van der Waals surface area contributed by atoms with Gasteiger partial charge in [0, 0.05) is 6.04 Å². The molecule has 0 bridgehead atoms. The van der Waals surface area contributed by atoms with Crippen LogP contribution in [-0.4, -0.2) is 37.0 Å². The summed E-state index contributed by atoms with van der Waals surface area (Å²) in [7, 11) is 1.86. The summed E-state index contributed by atoms with van der Waals surface area (Å²) >= 11 is 5.86. The van der Waals surface area contributed by atoms with Crippen molar-refractivity contribution in [2.45, 2.75) is 26.3 Å². The molecule has 1 atom stereocenters. The van der Waals surface area contributed by atoms with Crippen molar-refractivity contribution in [3.05, 3.63) is 29.0 Å². The summed E-state index contributed by atoms with van der Waals surface area (Å²) in [6, 6.07) is 4.00. The van der Waals surface area contributed by atoms with E-state index in [1.165, 1.54) is 18.2 Å². The summed E-state index contributed by atoms with van der Waals surface area (Å²) < 4.78 is 12.9. The summed E-state index contributed by atoms with van der Waals surface area (Å²) in [6.07, 6.45) is 0.832. The van der Waals surface area contributed by atoms with Gasteiger partial charge in [-0.05, 0) is 44.1 Å². The number of carbonyl (C=O) groups excluding carboxylic acids is 1. The van der Waals surface area contributed by atoms with Crippen molar-refractivity contribution >= 4 is 23.2 Å². The van der Waals surface area contributed by atoms with Crippen LogP contribution in [0.25, 0.3) is 0 Å². The molecule has 0 aliphatic carbocycles. The fourth-order valence-corrected chi connectivity index (χ4v) is 2.02. The van der Waals surface area contributed by atoms with Crippen molar-refractivity contribution in [1.29, 1.82) is 0 Å². The number of nitrogens with two attached hydrogens (primary N) is 1. The summed E-state index contributed by atoms with van der Waals surface area (Å²) in [5.74, 6) is -0.202. The van der Waals surface area contributed by atoms with E-state index in [0.717, 1.165) is 13.0 Å². The van der Waals surface area contributed by atoms with Crippen molar-refractivity contribution in [3.8, 4) is 0 Å². The number of amides is 1. The highest BCUT2D eigenvalue weighted by molar-refractivity contribution is 6.33. The number of nitrogens with zero attached hydrogens (tertiary/aromatic N) is 1. The van der Waals surface area contributed by atoms with E-state index in [9.17, 15) is 9.18 Å². The second-order valence-electron chi connectivity index (χ2n) is 5.61. The van der Waals surface area contributed by atoms with Crippen LogP contribution < -0.4 is 11.1 Å². The lowest BCUT2D eigenvalue weighted by atomic mass is 10.0. The monoisotopic (exact) mass is 315 g/mol. The molecule has 6 heteroatoms. The zero-order valence-electron chi connectivity index (χ0n) is 12.7. The molecule has 1 aromatic rings. The van der Waals surface area contributed by atoms with Crippen molar-refractivity contribution in [3.63, 3.8) is 0 Å². The topological polar surface area (TPSA) is 58.4 Å². The molecule has 0 radical (unpaired) electrons. The Balaban J connectivity index is 2.42. The first kappa shape index (κ1) is 17.9. The summed E-state index contributed by atoms with van der Waals surface area (Å²) in [4.78, 5) is 13.8. The summed E-state index contributed by atoms with van der Waals surface area (Å²) in [5, 5.41) is 2.86. The van der Waals surface area contributed by atoms with Gasteiger partial charge in [0.15, 0.2) is 0 Å². The van der Waals surface area contributed by atoms with Crippen LogP contribution in [0.15, 0.2) is 18.2 Å². The SMILES string of the molecule is CC(C)C(N)CCN(C)CC(=O)Nc1ccc(F)cc1Cl. The average Bonchev–Trinajstić information content (AvgIpc) is 2.39. The largest absolute Gasteiger partial charge is 0.327 e. The molecule has 21 heavy (non-hydrogen) atoms. The van der Waals surface area contributed by atoms with Gasteiger partial charge < -0.3 is 11.1 Å². The lowest BCUT2D eigenvalue weighted by molar-refractivity contribution is -0.117. The van der Waals surface area contributed by atoms with E-state index in [1.54, 1.807) is 0 Å². The number of benzene rings is 1. The Morgan fingerprint density at radius 3 is 2.71 bits per heavy atom. The van der Waals surface area contributed by atoms with E-state index in [4.69, 9.17) is 17.3 Å². The minimum Gasteiger partial charge on any atom is -0.327 e. The maximum absolute atomic E-state index is 12.9. The van der Waals surface area contributed by atoms with E-state index >= 15 is 0 Å². The molecule has 1 unspecified atom stereocenters. The van der Waals surface area contributed by atoms with Gasteiger partial charge in [-0.2, -0.15) is 0 Å². The molecule has 0 aliphatic rings. The molecule has 0 saturated carbocycles. The Hall–Kier alpha value is -1.17. The molecule has 118 valence electrons. The molecule has 4 nitrogen and oxygen atoms in total. The van der Waals surface area contributed by atoms with E-state index in [-0.39, 0.29) is 23.5 Å². The molecule has 0 saturated heterocycles. The van der Waals surface area contributed by atoms with Crippen molar-refractivity contribution in [1.82, 2.24) is 4.90 Å². The number of hydrogen-bond donors (Lipinski definition) is 2. The highest BCUT2D eigenvalue weighted by Crippen LogP contribution is 2.22. The number of carbonyl (C=O) groups is 1. The summed E-state index contributed by atoms with van der Waals surface area (Å²) in [5.41, 5.74) is 6.39. The number of nitrogens with one attached hydrogen (secondary N) is 1. The van der Waals surface area contributed by atoms with Crippen LogP contribution in [0.4, 0.5) is 10.1 Å². The van der Waals surface area contributed by atoms with Crippen LogP contribution in [-0.2, 0) is 4.79 Å². The molecule has 3 N–H and O–H groups in total. The van der Waals surface area contributed by atoms with Gasteiger partial charge in [0.05, 0.1) is 17.3 Å². The first-order chi connectivity index (χ1) is 9.79. The van der Waals surface area contributed by atoms with E-state index in [2.05, 4.69) is 19.2 Å². The number of likely N-dealkylation sites (N-methyl/N-ethyl adjacent to an activating group) is 1. The predicted octanol–water partition coefficient (Wildman–Crippen LogP) is 2.72. The minimum absolute atomic E-state index is 0.127. The lowest BCUT2D eigenvalue weighted by Gasteiger charge is -2.21. The molecule has 1 amide bonds. The second kappa shape index (κ2) is 8.32. The van der Waals surface area contributed by atoms with Crippen LogP contribution in [0.1, 0.15) is 20.3 Å². The standard InChI is InChI=1S/C15H23ClFN3O/c1-10(2)13(18)6-7-20(3)9-15(21)19-14-5-4-11(17)8-12(14)16/h4-5,8,10,13H,6-7,9,18H2,1-3H3,(H,19,21). The van der Waals surface area contributed by atoms with Crippen molar-refractivity contribution in [2.24, 2.45) is 11.7 Å². The Morgan fingerprint density at radius 1 is 1.48 bits per heavy atom. The average molecular weight is 316 g/mol. The maximum atomic E-state index is 12.9. The zero-order chi connectivity index (χ0) is 16.0. The zero-order valence-corrected chi connectivity index (χ0v) is 13.5. The smallest absolute Gasteiger partial charge is 0.238 e. The van der Waals surface area contributed by atoms with Gasteiger partial charge in [-0.15, -0.1) is 0 Å². The van der Waals surface area contributed by atoms with Gasteiger partial charge in [-0.25, -0.2) is 4.39 Å². The highest BCUT2D eigenvalue weighted by atomic mass is 35.5. The fourth-order valence-electron chi connectivity index (χ4n) is 1.81. The Labute approximate surface area is 130 Å². The third-order valence-corrected chi connectivity index (χ3v) is 3.63. The molecule has 1 aromatic carbocycles. The molecule has 0 fully saturated rings. The van der Waals surface area contributed by atoms with Gasteiger partial charge >= 0.3 is 0 Å². The van der Waals surface area contributed by atoms with Gasteiger partial charge in [0.2, 0.25) is 5.91 Å². The molecule has 1 rings (SSSR count). The van der Waals surface area contributed by atoms with Gasteiger partial charge in [0.1, 0.15) is 5.82 Å². The van der Waals surface area contributed by atoms with Crippen LogP contribution in [0.2, 0.25) is 5.02 Å². The fraction of sp³-hybridized carbons (Fsp3) is 0.533. The summed E-state index contributed by atoms with van der Waals surface area (Å²) in [6.45, 7) is 5.13. The molecular formula is C15H23ClFN3O. The molecular weight excluding hydrogens is 293 g/mol. The van der Waals surface area contributed by atoms with Crippen LogP contribution in [0.3, 0.4) is 0 Å². The van der Waals surface area contributed by atoms with E-state index in [1.807, 2.05) is 11.9 Å². The minimum atomic E-state index is -0.433. The maximum Gasteiger partial charge on any atom is 0.238 e.